The molecule has 2 fully saturated rings. The highest BCUT2D eigenvalue weighted by Gasteiger charge is 2.36. The third-order valence-electron chi connectivity index (χ3n) is 7.70. The van der Waals surface area contributed by atoms with Gasteiger partial charge in [0, 0.05) is 56.2 Å². The van der Waals surface area contributed by atoms with E-state index < -0.39 is 0 Å². The number of anilines is 2. The van der Waals surface area contributed by atoms with Crippen LogP contribution in [0.25, 0.3) is 0 Å². The van der Waals surface area contributed by atoms with Gasteiger partial charge in [0.1, 0.15) is 11.6 Å². The van der Waals surface area contributed by atoms with Crippen LogP contribution in [0.3, 0.4) is 0 Å². The van der Waals surface area contributed by atoms with Crippen molar-refractivity contribution in [1.29, 1.82) is 0 Å². The zero-order valence-corrected chi connectivity index (χ0v) is 22.4. The van der Waals surface area contributed by atoms with E-state index in [9.17, 15) is 4.79 Å². The molecule has 0 bridgehead atoms. The van der Waals surface area contributed by atoms with Crippen molar-refractivity contribution in [3.8, 4) is 11.6 Å². The Balaban J connectivity index is 1.24. The van der Waals surface area contributed by atoms with E-state index in [0.717, 1.165) is 50.5 Å². The number of hydrogen-bond donors (Lipinski definition) is 1. The summed E-state index contributed by atoms with van der Waals surface area (Å²) >= 11 is 5.97. The third-order valence-corrected chi connectivity index (χ3v) is 7.92. The van der Waals surface area contributed by atoms with E-state index in [0.29, 0.717) is 29.7 Å². The van der Waals surface area contributed by atoms with Gasteiger partial charge in [-0.1, -0.05) is 23.7 Å². The van der Waals surface area contributed by atoms with Crippen LogP contribution < -0.4 is 20.1 Å². The second-order valence-electron chi connectivity index (χ2n) is 10.0. The first kappa shape index (κ1) is 26.1. The van der Waals surface area contributed by atoms with Crippen LogP contribution >= 0.6 is 11.6 Å². The Morgan fingerprint density at radius 2 is 1.79 bits per heavy atom. The number of nitrogens with two attached hydrogens (primary N) is 1. The molecule has 1 aromatic carbocycles. The van der Waals surface area contributed by atoms with Gasteiger partial charge in [-0.2, -0.15) is 0 Å². The number of likely N-dealkylation sites (tertiary alicyclic amines) is 1. The minimum atomic E-state index is 0.0302. The fourth-order valence-corrected chi connectivity index (χ4v) is 5.58. The maximum absolute atomic E-state index is 13.6. The molecular weight excluding hydrogens is 502 g/mol. The van der Waals surface area contributed by atoms with Crippen molar-refractivity contribution in [2.45, 2.75) is 25.2 Å². The van der Waals surface area contributed by atoms with Gasteiger partial charge in [-0.05, 0) is 55.2 Å². The van der Waals surface area contributed by atoms with Gasteiger partial charge in [-0.3, -0.25) is 4.79 Å². The van der Waals surface area contributed by atoms with E-state index >= 15 is 0 Å². The van der Waals surface area contributed by atoms with Crippen LogP contribution in [0.5, 0.6) is 11.6 Å². The lowest BCUT2D eigenvalue weighted by Gasteiger charge is -2.41. The Hall–Kier alpha value is -3.52. The molecule has 8 nitrogen and oxygen atoms in total. The minimum Gasteiger partial charge on any atom is -0.497 e. The molecule has 9 heteroatoms. The summed E-state index contributed by atoms with van der Waals surface area (Å²) in [5.74, 6) is 2.99. The number of hydrogen-bond acceptors (Lipinski definition) is 7. The van der Waals surface area contributed by atoms with Crippen LogP contribution in [0.4, 0.5) is 11.5 Å². The van der Waals surface area contributed by atoms with Crippen molar-refractivity contribution in [2.75, 3.05) is 50.5 Å². The summed E-state index contributed by atoms with van der Waals surface area (Å²) in [7, 11) is 1.67. The molecule has 2 unspecified atom stereocenters. The van der Waals surface area contributed by atoms with Crippen LogP contribution in [-0.4, -0.2) is 60.7 Å². The number of nitrogen functional groups attached to an aromatic ring is 1. The van der Waals surface area contributed by atoms with Gasteiger partial charge in [0.15, 0.2) is 0 Å². The zero-order valence-electron chi connectivity index (χ0n) is 21.6. The van der Waals surface area contributed by atoms with Gasteiger partial charge < -0.3 is 25.0 Å². The summed E-state index contributed by atoms with van der Waals surface area (Å²) in [4.78, 5) is 26.6. The molecule has 2 atom stereocenters. The zero-order chi connectivity index (χ0) is 26.5. The SMILES string of the molecule is COc1ccc(C2CN(C(=O)C3CCN(c4ccc(N)cn4)CC3)CCC2COc2ccc(Cl)cn2)cc1. The monoisotopic (exact) mass is 535 g/mol. The van der Waals surface area contributed by atoms with Gasteiger partial charge in [0.05, 0.1) is 30.6 Å². The molecule has 4 heterocycles. The highest BCUT2D eigenvalue weighted by atomic mass is 35.5. The number of carbonyl (C=O) groups is 1. The summed E-state index contributed by atoms with van der Waals surface area (Å²) in [6.45, 7) is 3.56. The van der Waals surface area contributed by atoms with Crippen LogP contribution in [0.15, 0.2) is 60.9 Å². The second-order valence-corrected chi connectivity index (χ2v) is 10.5. The van der Waals surface area contributed by atoms with Gasteiger partial charge >= 0.3 is 0 Å². The van der Waals surface area contributed by atoms with Gasteiger partial charge in [0.25, 0.3) is 0 Å². The largest absolute Gasteiger partial charge is 0.497 e. The third kappa shape index (κ3) is 6.13. The summed E-state index contributed by atoms with van der Waals surface area (Å²) in [5, 5.41) is 0.579. The maximum Gasteiger partial charge on any atom is 0.225 e. The Kier molecular flexibility index (Phi) is 8.17. The lowest BCUT2D eigenvalue weighted by atomic mass is 9.80. The van der Waals surface area contributed by atoms with Crippen molar-refractivity contribution < 1.29 is 14.3 Å². The minimum absolute atomic E-state index is 0.0302. The van der Waals surface area contributed by atoms with E-state index in [4.69, 9.17) is 26.8 Å². The standard InChI is InChI=1S/C29H34ClN5O3/c1-37-25-6-2-20(3-7-25)26-18-35(15-12-22(26)19-38-28-9-4-23(30)16-33-28)29(36)21-10-13-34(14-11-21)27-8-5-24(31)17-32-27/h2-9,16-17,21-22,26H,10-15,18-19,31H2,1H3. The Morgan fingerprint density at radius 1 is 1.00 bits per heavy atom. The lowest BCUT2D eigenvalue weighted by Crippen LogP contribution is -2.48. The number of halogens is 1. The molecule has 2 aliphatic rings. The van der Waals surface area contributed by atoms with Crippen LogP contribution in [0.1, 0.15) is 30.7 Å². The van der Waals surface area contributed by atoms with Crippen molar-refractivity contribution in [2.24, 2.45) is 11.8 Å². The predicted molar refractivity (Wildman–Crippen MR) is 149 cm³/mol. The summed E-state index contributed by atoms with van der Waals surface area (Å²) in [6, 6.07) is 15.5. The molecular formula is C29H34ClN5O3. The molecule has 2 aliphatic heterocycles. The van der Waals surface area contributed by atoms with E-state index in [1.54, 1.807) is 31.6 Å². The van der Waals surface area contributed by atoms with Crippen molar-refractivity contribution in [1.82, 2.24) is 14.9 Å². The number of methoxy groups -OCH3 is 1. The molecule has 2 N–H and O–H groups in total. The van der Waals surface area contributed by atoms with Crippen molar-refractivity contribution in [3.05, 3.63) is 71.5 Å². The maximum atomic E-state index is 13.6. The quantitative estimate of drug-likeness (QED) is 0.470. The smallest absolute Gasteiger partial charge is 0.225 e. The number of pyridine rings is 2. The number of amides is 1. The lowest BCUT2D eigenvalue weighted by molar-refractivity contribution is -0.138. The second kappa shape index (κ2) is 11.9. The number of ether oxygens (including phenoxy) is 2. The number of aromatic nitrogens is 2. The molecule has 5 rings (SSSR count). The highest BCUT2D eigenvalue weighted by Crippen LogP contribution is 2.35. The number of carbonyl (C=O) groups excluding carboxylic acids is 1. The van der Waals surface area contributed by atoms with Crippen molar-refractivity contribution >= 4 is 29.0 Å². The van der Waals surface area contributed by atoms with E-state index in [1.807, 2.05) is 24.3 Å². The van der Waals surface area contributed by atoms with E-state index in [1.165, 1.54) is 5.56 Å². The normalized spacial score (nSPS) is 20.3. The number of benzene rings is 1. The van der Waals surface area contributed by atoms with Crippen LogP contribution in [-0.2, 0) is 4.79 Å². The number of rotatable bonds is 7. The van der Waals surface area contributed by atoms with E-state index in [-0.39, 0.29) is 23.7 Å². The summed E-state index contributed by atoms with van der Waals surface area (Å²) < 4.78 is 11.4. The average molecular weight is 536 g/mol. The Morgan fingerprint density at radius 3 is 2.45 bits per heavy atom. The van der Waals surface area contributed by atoms with Gasteiger partial charge in [-0.15, -0.1) is 0 Å². The fraction of sp³-hybridized carbons (Fsp3) is 0.414. The number of piperidine rings is 2. The summed E-state index contributed by atoms with van der Waals surface area (Å²) in [6.07, 6.45) is 5.79. The predicted octanol–water partition coefficient (Wildman–Crippen LogP) is 4.65. The topological polar surface area (TPSA) is 93.8 Å². The van der Waals surface area contributed by atoms with Gasteiger partial charge in [0.2, 0.25) is 11.8 Å². The Bertz CT molecular complexity index is 1200. The average Bonchev–Trinajstić information content (AvgIpc) is 2.97. The fourth-order valence-electron chi connectivity index (χ4n) is 5.47. The molecule has 0 saturated carbocycles. The molecule has 0 spiro atoms. The van der Waals surface area contributed by atoms with Crippen LogP contribution in [0, 0.1) is 11.8 Å². The highest BCUT2D eigenvalue weighted by molar-refractivity contribution is 6.30. The number of nitrogens with zero attached hydrogens (tertiary/aromatic N) is 4. The first-order chi connectivity index (χ1) is 18.5. The molecule has 0 radical (unpaired) electrons. The molecule has 38 heavy (non-hydrogen) atoms. The Labute approximate surface area is 228 Å². The first-order valence-electron chi connectivity index (χ1n) is 13.1. The molecule has 2 saturated heterocycles. The van der Waals surface area contributed by atoms with Gasteiger partial charge in [-0.25, -0.2) is 9.97 Å². The molecule has 1 amide bonds. The first-order valence-corrected chi connectivity index (χ1v) is 13.5. The van der Waals surface area contributed by atoms with E-state index in [2.05, 4.69) is 31.9 Å². The molecule has 200 valence electrons. The van der Waals surface area contributed by atoms with Crippen LogP contribution in [0.2, 0.25) is 5.02 Å². The molecule has 3 aromatic rings. The van der Waals surface area contributed by atoms with Crippen molar-refractivity contribution in [3.63, 3.8) is 0 Å². The molecule has 2 aromatic heterocycles. The molecule has 0 aliphatic carbocycles. The summed E-state index contributed by atoms with van der Waals surface area (Å²) in [5.41, 5.74) is 7.62.